The van der Waals surface area contributed by atoms with E-state index in [1.165, 1.54) is 12.1 Å². The van der Waals surface area contributed by atoms with E-state index < -0.39 is 22.7 Å². The highest BCUT2D eigenvalue weighted by atomic mass is 16.6. The number of nitro benzene ring substituents is 1. The lowest BCUT2D eigenvalue weighted by atomic mass is 9.74. The van der Waals surface area contributed by atoms with E-state index in [4.69, 9.17) is 0 Å². The van der Waals surface area contributed by atoms with Crippen molar-refractivity contribution in [3.8, 4) is 0 Å². The van der Waals surface area contributed by atoms with Gasteiger partial charge in [-0.1, -0.05) is 18.2 Å². The van der Waals surface area contributed by atoms with E-state index in [9.17, 15) is 20.0 Å². The molecular formula is C19H17N3O4. The average Bonchev–Trinajstić information content (AvgIpc) is 2.61. The van der Waals surface area contributed by atoms with Crippen molar-refractivity contribution < 1.29 is 14.8 Å². The van der Waals surface area contributed by atoms with Gasteiger partial charge in [0.2, 0.25) is 0 Å². The second-order valence-corrected chi connectivity index (χ2v) is 6.14. The van der Waals surface area contributed by atoms with Gasteiger partial charge in [0.15, 0.2) is 0 Å². The Hall–Kier alpha value is -3.35. The fourth-order valence-corrected chi connectivity index (χ4v) is 3.45. The molecule has 0 spiro atoms. The van der Waals surface area contributed by atoms with Crippen molar-refractivity contribution in [1.82, 2.24) is 4.98 Å². The summed E-state index contributed by atoms with van der Waals surface area (Å²) in [7, 11) is 0. The van der Waals surface area contributed by atoms with E-state index in [-0.39, 0.29) is 5.69 Å². The maximum absolute atomic E-state index is 12.0. The van der Waals surface area contributed by atoms with E-state index in [0.29, 0.717) is 17.0 Å². The van der Waals surface area contributed by atoms with Crippen LogP contribution in [0.2, 0.25) is 0 Å². The van der Waals surface area contributed by atoms with Crippen LogP contribution in [0.4, 0.5) is 5.69 Å². The van der Waals surface area contributed by atoms with E-state index in [2.05, 4.69) is 9.98 Å². The Morgan fingerprint density at radius 2 is 2.00 bits per heavy atom. The molecular weight excluding hydrogens is 334 g/mol. The lowest BCUT2D eigenvalue weighted by Gasteiger charge is -2.31. The molecule has 0 aliphatic carbocycles. The highest BCUT2D eigenvalue weighted by Gasteiger charge is 2.39. The van der Waals surface area contributed by atoms with Crippen molar-refractivity contribution in [2.75, 3.05) is 0 Å². The summed E-state index contributed by atoms with van der Waals surface area (Å²) in [5.41, 5.74) is 3.12. The number of nitrogens with zero attached hydrogens (tertiary/aromatic N) is 3. The lowest BCUT2D eigenvalue weighted by molar-refractivity contribution is -0.384. The van der Waals surface area contributed by atoms with Gasteiger partial charge < -0.3 is 5.11 Å². The Balaban J connectivity index is 2.25. The molecule has 1 N–H and O–H groups in total. The monoisotopic (exact) mass is 351 g/mol. The van der Waals surface area contributed by atoms with Crippen LogP contribution in [0.15, 0.2) is 59.5 Å². The first-order valence-corrected chi connectivity index (χ1v) is 8.03. The minimum Gasteiger partial charge on any atom is -0.481 e. The predicted molar refractivity (Wildman–Crippen MR) is 96.9 cm³/mol. The number of nitro groups is 1. The van der Waals surface area contributed by atoms with Gasteiger partial charge in [-0.25, -0.2) is 0 Å². The van der Waals surface area contributed by atoms with Crippen molar-refractivity contribution >= 4 is 22.9 Å². The molecule has 0 saturated heterocycles. The number of pyridine rings is 1. The second kappa shape index (κ2) is 6.87. The summed E-state index contributed by atoms with van der Waals surface area (Å²) < 4.78 is 0. The van der Waals surface area contributed by atoms with Gasteiger partial charge in [-0.2, -0.15) is 0 Å². The maximum Gasteiger partial charge on any atom is 0.313 e. The van der Waals surface area contributed by atoms with E-state index in [1.807, 2.05) is 13.0 Å². The molecule has 1 aromatic heterocycles. The maximum atomic E-state index is 12.0. The SMILES string of the molecule is CC1=NC(C)=C(c2cccnc2)C(c2cccc([N+](=O)[O-])c2)C1C(=O)O. The number of hydrogen-bond acceptors (Lipinski definition) is 5. The molecule has 1 aliphatic heterocycles. The van der Waals surface area contributed by atoms with Crippen LogP contribution in [0, 0.1) is 16.0 Å². The molecule has 0 saturated carbocycles. The van der Waals surface area contributed by atoms with E-state index >= 15 is 0 Å². The summed E-state index contributed by atoms with van der Waals surface area (Å²) in [6, 6.07) is 9.72. The third kappa shape index (κ3) is 3.11. The van der Waals surface area contributed by atoms with Crippen molar-refractivity contribution in [1.29, 1.82) is 0 Å². The molecule has 0 amide bonds. The predicted octanol–water partition coefficient (Wildman–Crippen LogP) is 3.68. The molecule has 1 aliphatic rings. The largest absolute Gasteiger partial charge is 0.481 e. The number of carbonyl (C=O) groups is 1. The summed E-state index contributed by atoms with van der Waals surface area (Å²) in [5, 5.41) is 21.0. The quantitative estimate of drug-likeness (QED) is 0.668. The summed E-state index contributed by atoms with van der Waals surface area (Å²) >= 11 is 0. The van der Waals surface area contributed by atoms with Gasteiger partial charge in [-0.3, -0.25) is 24.9 Å². The minimum atomic E-state index is -1.02. The highest BCUT2D eigenvalue weighted by molar-refractivity contribution is 6.06. The standard InChI is InChI=1S/C19H17N3O4/c1-11-16(14-6-4-8-20-10-14)18(17(19(23)24)12(2)21-11)13-5-3-7-15(9-13)22(25)26/h3-10,17-18H,1-2H3,(H,23,24). The summed E-state index contributed by atoms with van der Waals surface area (Å²) in [4.78, 5) is 31.2. The Morgan fingerprint density at radius 3 is 2.62 bits per heavy atom. The number of benzene rings is 1. The molecule has 26 heavy (non-hydrogen) atoms. The van der Waals surface area contributed by atoms with Gasteiger partial charge in [-0.05, 0) is 36.6 Å². The van der Waals surface area contributed by atoms with Crippen LogP contribution in [0.3, 0.4) is 0 Å². The summed E-state index contributed by atoms with van der Waals surface area (Å²) in [6.07, 6.45) is 3.28. The topological polar surface area (TPSA) is 106 Å². The van der Waals surface area contributed by atoms with Gasteiger partial charge in [0.1, 0.15) is 5.92 Å². The molecule has 7 nitrogen and oxygen atoms in total. The molecule has 132 valence electrons. The van der Waals surface area contributed by atoms with Crippen molar-refractivity contribution in [3.63, 3.8) is 0 Å². The normalized spacial score (nSPS) is 19.8. The molecule has 0 radical (unpaired) electrons. The van der Waals surface area contributed by atoms with E-state index in [0.717, 1.165) is 11.1 Å². The van der Waals surface area contributed by atoms with Gasteiger partial charge in [0, 0.05) is 41.9 Å². The van der Waals surface area contributed by atoms with Crippen LogP contribution in [0.5, 0.6) is 0 Å². The van der Waals surface area contributed by atoms with Gasteiger partial charge in [-0.15, -0.1) is 0 Å². The minimum absolute atomic E-state index is 0.0741. The number of aliphatic carboxylic acids is 1. The van der Waals surface area contributed by atoms with Crippen LogP contribution >= 0.6 is 0 Å². The van der Waals surface area contributed by atoms with Crippen LogP contribution in [-0.4, -0.2) is 26.7 Å². The number of carboxylic acids is 1. The Bertz CT molecular complexity index is 935. The molecule has 2 heterocycles. The average molecular weight is 351 g/mol. The zero-order valence-electron chi connectivity index (χ0n) is 14.3. The van der Waals surface area contributed by atoms with Crippen molar-refractivity contribution in [2.45, 2.75) is 19.8 Å². The third-order valence-corrected chi connectivity index (χ3v) is 4.51. The molecule has 2 unspecified atom stereocenters. The molecule has 0 bridgehead atoms. The molecule has 0 fully saturated rings. The first kappa shape index (κ1) is 17.5. The van der Waals surface area contributed by atoms with Gasteiger partial charge >= 0.3 is 5.97 Å². The molecule has 7 heteroatoms. The Morgan fingerprint density at radius 1 is 1.23 bits per heavy atom. The summed E-state index contributed by atoms with van der Waals surface area (Å²) in [5.74, 6) is -2.51. The van der Waals surface area contributed by atoms with Crippen LogP contribution in [0.1, 0.15) is 30.9 Å². The summed E-state index contributed by atoms with van der Waals surface area (Å²) in [6.45, 7) is 3.49. The first-order chi connectivity index (χ1) is 12.4. The molecule has 3 rings (SSSR count). The number of carboxylic acid groups (broad SMARTS) is 1. The number of aromatic nitrogens is 1. The molecule has 1 aromatic carbocycles. The van der Waals surface area contributed by atoms with Crippen molar-refractivity contribution in [3.05, 3.63) is 75.7 Å². The van der Waals surface area contributed by atoms with Crippen LogP contribution in [-0.2, 0) is 4.79 Å². The van der Waals surface area contributed by atoms with Gasteiger partial charge in [0.25, 0.3) is 5.69 Å². The zero-order valence-corrected chi connectivity index (χ0v) is 14.3. The second-order valence-electron chi connectivity index (χ2n) is 6.14. The van der Waals surface area contributed by atoms with E-state index in [1.54, 1.807) is 37.5 Å². The first-order valence-electron chi connectivity index (χ1n) is 8.03. The number of allylic oxidation sites excluding steroid dienone is 2. The Labute approximate surface area is 149 Å². The number of non-ortho nitro benzene ring substituents is 1. The third-order valence-electron chi connectivity index (χ3n) is 4.51. The Kier molecular flexibility index (Phi) is 4.62. The fraction of sp³-hybridized carbons (Fsp3) is 0.211. The zero-order chi connectivity index (χ0) is 18.8. The number of hydrogen-bond donors (Lipinski definition) is 1. The van der Waals surface area contributed by atoms with Crippen LogP contribution in [0.25, 0.3) is 5.57 Å². The van der Waals surface area contributed by atoms with Crippen LogP contribution < -0.4 is 0 Å². The highest BCUT2D eigenvalue weighted by Crippen LogP contribution is 2.44. The smallest absolute Gasteiger partial charge is 0.313 e. The molecule has 2 atom stereocenters. The number of aliphatic imine (C=N–C) groups is 1. The fourth-order valence-electron chi connectivity index (χ4n) is 3.45. The molecule has 2 aromatic rings. The lowest BCUT2D eigenvalue weighted by Crippen LogP contribution is -2.32. The van der Waals surface area contributed by atoms with Crippen molar-refractivity contribution in [2.24, 2.45) is 10.9 Å². The number of rotatable bonds is 4. The van der Waals surface area contributed by atoms with Gasteiger partial charge in [0.05, 0.1) is 4.92 Å².